The smallest absolute Gasteiger partial charge is 0.379 e. The van der Waals surface area contributed by atoms with Crippen molar-refractivity contribution in [2.75, 3.05) is 20.3 Å². The first-order chi connectivity index (χ1) is 7.09. The molecule has 0 aliphatic carbocycles. The van der Waals surface area contributed by atoms with Crippen LogP contribution in [0.4, 0.5) is 0 Å². The van der Waals surface area contributed by atoms with E-state index in [1.807, 2.05) is 6.92 Å². The Labute approximate surface area is 90.8 Å². The predicted octanol–water partition coefficient (Wildman–Crippen LogP) is 0.605. The Morgan fingerprint density at radius 3 is 2.53 bits per heavy atom. The Morgan fingerprint density at radius 1 is 1.47 bits per heavy atom. The van der Waals surface area contributed by atoms with E-state index in [2.05, 4.69) is 0 Å². The van der Waals surface area contributed by atoms with Crippen molar-refractivity contribution >= 4 is 16.1 Å². The number of methoxy groups -OCH3 is 1. The van der Waals surface area contributed by atoms with Crippen LogP contribution in [0, 0.1) is 5.92 Å². The minimum atomic E-state index is -2.00. The van der Waals surface area contributed by atoms with E-state index < -0.39 is 19.9 Å². The SMILES string of the molecule is [B][C@@H]1OC2(CO[P+](=O)OC2)[C@H](C)C1OC. The maximum atomic E-state index is 10.9. The summed E-state index contributed by atoms with van der Waals surface area (Å²) in [5.74, 6) is 0.0428. The fourth-order valence-electron chi connectivity index (χ4n) is 2.10. The van der Waals surface area contributed by atoms with Gasteiger partial charge in [0.15, 0.2) is 0 Å². The molecule has 2 rings (SSSR count). The van der Waals surface area contributed by atoms with Gasteiger partial charge in [-0.3, -0.25) is 0 Å². The van der Waals surface area contributed by atoms with Crippen LogP contribution in [0.25, 0.3) is 0 Å². The monoisotopic (exact) mass is 231 g/mol. The van der Waals surface area contributed by atoms with Crippen LogP contribution in [0.3, 0.4) is 0 Å². The molecule has 0 saturated carbocycles. The van der Waals surface area contributed by atoms with Crippen molar-refractivity contribution in [1.29, 1.82) is 0 Å². The van der Waals surface area contributed by atoms with Crippen molar-refractivity contribution in [3.8, 4) is 0 Å². The molecular formula is C8H13BO5P+. The van der Waals surface area contributed by atoms with Gasteiger partial charge in [0.2, 0.25) is 0 Å². The molecule has 0 aromatic carbocycles. The topological polar surface area (TPSA) is 54.0 Å². The predicted molar refractivity (Wildman–Crippen MR) is 52.8 cm³/mol. The van der Waals surface area contributed by atoms with E-state index >= 15 is 0 Å². The first kappa shape index (κ1) is 11.5. The molecule has 1 spiro atoms. The first-order valence-corrected chi connectivity index (χ1v) is 5.88. The second kappa shape index (κ2) is 4.11. The second-order valence-electron chi connectivity index (χ2n) is 3.91. The third-order valence-corrected chi connectivity index (χ3v) is 3.80. The van der Waals surface area contributed by atoms with E-state index in [0.717, 1.165) is 0 Å². The Morgan fingerprint density at radius 2 is 2.07 bits per heavy atom. The van der Waals surface area contributed by atoms with Crippen LogP contribution in [0.2, 0.25) is 0 Å². The van der Waals surface area contributed by atoms with Gasteiger partial charge in [-0.15, -0.1) is 9.05 Å². The lowest BCUT2D eigenvalue weighted by Crippen LogP contribution is -2.47. The lowest BCUT2D eigenvalue weighted by Gasteiger charge is -2.30. The lowest BCUT2D eigenvalue weighted by atomic mass is 9.83. The summed E-state index contributed by atoms with van der Waals surface area (Å²) in [5, 5.41) is 0. The summed E-state index contributed by atoms with van der Waals surface area (Å²) >= 11 is 0. The Bertz CT molecular complexity index is 264. The molecule has 0 aromatic rings. The number of rotatable bonds is 1. The zero-order chi connectivity index (χ0) is 11.1. The highest BCUT2D eigenvalue weighted by molar-refractivity contribution is 7.33. The van der Waals surface area contributed by atoms with Gasteiger partial charge < -0.3 is 9.47 Å². The molecule has 5 nitrogen and oxygen atoms in total. The summed E-state index contributed by atoms with van der Waals surface area (Å²) in [6, 6.07) is -0.492. The van der Waals surface area contributed by atoms with Crippen LogP contribution >= 0.6 is 8.25 Å². The molecule has 0 N–H and O–H groups in total. The third kappa shape index (κ3) is 1.85. The normalized spacial score (nSPS) is 48.7. The number of hydrogen-bond acceptors (Lipinski definition) is 5. The molecule has 1 unspecified atom stereocenters. The maximum absolute atomic E-state index is 10.9. The van der Waals surface area contributed by atoms with Crippen molar-refractivity contribution in [2.45, 2.75) is 24.6 Å². The highest BCUT2D eigenvalue weighted by atomic mass is 31.1. The van der Waals surface area contributed by atoms with E-state index in [-0.39, 0.29) is 25.2 Å². The highest BCUT2D eigenvalue weighted by Crippen LogP contribution is 2.44. The van der Waals surface area contributed by atoms with Crippen LogP contribution in [-0.4, -0.2) is 45.9 Å². The molecule has 2 heterocycles. The highest BCUT2D eigenvalue weighted by Gasteiger charge is 2.57. The van der Waals surface area contributed by atoms with Gasteiger partial charge >= 0.3 is 8.25 Å². The summed E-state index contributed by atoms with van der Waals surface area (Å²) < 4.78 is 31.8. The lowest BCUT2D eigenvalue weighted by molar-refractivity contribution is -0.108. The molecule has 0 bridgehead atoms. The maximum Gasteiger partial charge on any atom is 0.697 e. The van der Waals surface area contributed by atoms with Crippen molar-refractivity contribution in [2.24, 2.45) is 5.92 Å². The summed E-state index contributed by atoms with van der Waals surface area (Å²) in [6.45, 7) is 2.43. The molecular weight excluding hydrogens is 218 g/mol. The molecule has 0 aromatic heterocycles. The summed E-state index contributed by atoms with van der Waals surface area (Å²) in [4.78, 5) is 0. The Hall–Kier alpha value is 0.00494. The van der Waals surface area contributed by atoms with Gasteiger partial charge in [-0.1, -0.05) is 6.92 Å². The molecule has 3 atom stereocenters. The van der Waals surface area contributed by atoms with Crippen LogP contribution < -0.4 is 0 Å². The van der Waals surface area contributed by atoms with Gasteiger partial charge in [0.05, 0.1) is 6.10 Å². The quantitative estimate of drug-likeness (QED) is 0.488. The number of hydrogen-bond donors (Lipinski definition) is 0. The minimum absolute atomic E-state index is 0.0428. The van der Waals surface area contributed by atoms with E-state index in [4.69, 9.17) is 26.4 Å². The molecule has 2 radical (unpaired) electrons. The van der Waals surface area contributed by atoms with Crippen molar-refractivity contribution in [3.05, 3.63) is 0 Å². The van der Waals surface area contributed by atoms with Crippen LogP contribution in [0.5, 0.6) is 0 Å². The molecule has 7 heteroatoms. The molecule has 2 fully saturated rings. The standard InChI is InChI=1S/C8H13BO5P/c1-5-6(11-2)7(9)14-8(5)3-12-15(10)13-4-8/h5-7H,3-4H2,1-2H3/q+1/t5-,6?,7-/m1/s1. The molecule has 2 aliphatic rings. The average Bonchev–Trinajstić information content (AvgIpc) is 2.44. The van der Waals surface area contributed by atoms with E-state index in [1.165, 1.54) is 0 Å². The Balaban J connectivity index is 2.13. The summed E-state index contributed by atoms with van der Waals surface area (Å²) in [6.07, 6.45) is -0.187. The zero-order valence-electron chi connectivity index (χ0n) is 8.71. The van der Waals surface area contributed by atoms with Crippen molar-refractivity contribution in [3.63, 3.8) is 0 Å². The average molecular weight is 231 g/mol. The van der Waals surface area contributed by atoms with Gasteiger partial charge in [0.25, 0.3) is 0 Å². The van der Waals surface area contributed by atoms with Crippen LogP contribution in [-0.2, 0) is 23.1 Å². The Kier molecular flexibility index (Phi) is 3.15. The summed E-state index contributed by atoms with van der Waals surface area (Å²) in [5.41, 5.74) is -0.622. The van der Waals surface area contributed by atoms with Gasteiger partial charge in [-0.25, -0.2) is 0 Å². The van der Waals surface area contributed by atoms with Gasteiger partial charge in [0, 0.05) is 23.6 Å². The molecule has 0 amide bonds. The fraction of sp³-hybridized carbons (Fsp3) is 1.00. The largest absolute Gasteiger partial charge is 0.697 e. The molecule has 15 heavy (non-hydrogen) atoms. The zero-order valence-corrected chi connectivity index (χ0v) is 9.61. The fourth-order valence-corrected chi connectivity index (χ4v) is 2.82. The van der Waals surface area contributed by atoms with E-state index in [9.17, 15) is 4.57 Å². The number of ether oxygens (including phenoxy) is 2. The van der Waals surface area contributed by atoms with E-state index in [0.29, 0.717) is 0 Å². The van der Waals surface area contributed by atoms with Gasteiger partial charge in [0.1, 0.15) is 26.7 Å². The third-order valence-electron chi connectivity index (χ3n) is 3.12. The van der Waals surface area contributed by atoms with Gasteiger partial charge in [-0.05, 0) is 0 Å². The second-order valence-corrected chi connectivity index (χ2v) is 4.87. The minimum Gasteiger partial charge on any atom is -0.379 e. The van der Waals surface area contributed by atoms with Crippen molar-refractivity contribution < 1.29 is 23.1 Å². The molecule has 82 valence electrons. The van der Waals surface area contributed by atoms with Gasteiger partial charge in [-0.2, -0.15) is 0 Å². The van der Waals surface area contributed by atoms with Crippen molar-refractivity contribution in [1.82, 2.24) is 0 Å². The van der Waals surface area contributed by atoms with Crippen LogP contribution in [0.15, 0.2) is 0 Å². The molecule has 2 saturated heterocycles. The van der Waals surface area contributed by atoms with Crippen LogP contribution in [0.1, 0.15) is 6.92 Å². The summed E-state index contributed by atoms with van der Waals surface area (Å²) in [7, 11) is 5.38. The first-order valence-electron chi connectivity index (χ1n) is 4.78. The van der Waals surface area contributed by atoms with E-state index in [1.54, 1.807) is 7.11 Å². The molecule has 2 aliphatic heterocycles.